The molecule has 0 radical (unpaired) electrons. The van der Waals surface area contributed by atoms with Crippen molar-refractivity contribution >= 4 is 11.9 Å². The van der Waals surface area contributed by atoms with E-state index in [-0.39, 0.29) is 11.1 Å². The third-order valence-corrected chi connectivity index (χ3v) is 2.90. The minimum absolute atomic E-state index is 0.0172. The zero-order valence-corrected chi connectivity index (χ0v) is 12.4. The molecule has 1 aromatic carbocycles. The van der Waals surface area contributed by atoms with E-state index in [0.717, 1.165) is 5.56 Å². The van der Waals surface area contributed by atoms with E-state index in [4.69, 9.17) is 5.11 Å². The van der Waals surface area contributed by atoms with E-state index in [1.54, 1.807) is 12.1 Å². The van der Waals surface area contributed by atoms with Crippen LogP contribution in [0.2, 0.25) is 0 Å². The predicted molar refractivity (Wildman–Crippen MR) is 78.6 cm³/mol. The summed E-state index contributed by atoms with van der Waals surface area (Å²) in [6.45, 7) is 8.09. The summed E-state index contributed by atoms with van der Waals surface area (Å²) in [5.74, 6) is -1.54. The van der Waals surface area contributed by atoms with E-state index >= 15 is 0 Å². The average Bonchev–Trinajstić information content (AvgIpc) is 2.37. The molecule has 0 fully saturated rings. The lowest BCUT2D eigenvalue weighted by atomic mass is 9.87. The van der Waals surface area contributed by atoms with Gasteiger partial charge in [-0.15, -0.1) is 0 Å². The Labute approximate surface area is 119 Å². The van der Waals surface area contributed by atoms with Gasteiger partial charge in [-0.05, 0) is 29.5 Å². The SMILES string of the molecule is CC/C=C(/NC(=O)c1ccc(C(C)(C)C)cc1)C(=O)O. The van der Waals surface area contributed by atoms with Gasteiger partial charge in [-0.25, -0.2) is 4.79 Å². The maximum atomic E-state index is 12.0. The molecule has 20 heavy (non-hydrogen) atoms. The van der Waals surface area contributed by atoms with Gasteiger partial charge in [0.15, 0.2) is 0 Å². The lowest BCUT2D eigenvalue weighted by molar-refractivity contribution is -0.133. The molecule has 0 aliphatic heterocycles. The Morgan fingerprint density at radius 1 is 1.20 bits per heavy atom. The van der Waals surface area contributed by atoms with Gasteiger partial charge in [0.05, 0.1) is 0 Å². The normalized spacial score (nSPS) is 12.1. The van der Waals surface area contributed by atoms with Crippen molar-refractivity contribution in [2.75, 3.05) is 0 Å². The number of hydrogen-bond acceptors (Lipinski definition) is 2. The number of carbonyl (C=O) groups is 2. The molecule has 108 valence electrons. The third-order valence-electron chi connectivity index (χ3n) is 2.90. The molecule has 1 aromatic rings. The first-order valence-corrected chi connectivity index (χ1v) is 6.61. The summed E-state index contributed by atoms with van der Waals surface area (Å²) in [5, 5.41) is 11.4. The van der Waals surface area contributed by atoms with Gasteiger partial charge in [-0.3, -0.25) is 4.79 Å². The molecule has 0 aromatic heterocycles. The summed E-state index contributed by atoms with van der Waals surface area (Å²) < 4.78 is 0. The molecule has 4 heteroatoms. The van der Waals surface area contributed by atoms with Crippen LogP contribution in [-0.4, -0.2) is 17.0 Å². The quantitative estimate of drug-likeness (QED) is 0.830. The van der Waals surface area contributed by atoms with Gasteiger partial charge in [0.1, 0.15) is 5.70 Å². The van der Waals surface area contributed by atoms with Crippen LogP contribution in [0.1, 0.15) is 50.0 Å². The molecule has 0 atom stereocenters. The van der Waals surface area contributed by atoms with E-state index in [0.29, 0.717) is 12.0 Å². The molecule has 0 spiro atoms. The number of nitrogens with one attached hydrogen (secondary N) is 1. The number of rotatable bonds is 4. The molecule has 0 saturated carbocycles. The lowest BCUT2D eigenvalue weighted by Crippen LogP contribution is -2.27. The first-order chi connectivity index (χ1) is 9.25. The van der Waals surface area contributed by atoms with Crippen molar-refractivity contribution < 1.29 is 14.7 Å². The Hall–Kier alpha value is -2.10. The summed E-state index contributed by atoms with van der Waals surface area (Å²) in [7, 11) is 0. The molecule has 0 bridgehead atoms. The van der Waals surface area contributed by atoms with Gasteiger partial charge in [0.2, 0.25) is 0 Å². The fraction of sp³-hybridized carbons (Fsp3) is 0.375. The standard InChI is InChI=1S/C16H21NO3/c1-5-6-13(15(19)20)17-14(18)11-7-9-12(10-8-11)16(2,3)4/h6-10H,5H2,1-4H3,(H,17,18)(H,19,20)/b13-6+. The summed E-state index contributed by atoms with van der Waals surface area (Å²) in [6, 6.07) is 7.19. The van der Waals surface area contributed by atoms with Crippen LogP contribution >= 0.6 is 0 Å². The van der Waals surface area contributed by atoms with Crippen LogP contribution in [0.15, 0.2) is 36.0 Å². The highest BCUT2D eigenvalue weighted by atomic mass is 16.4. The van der Waals surface area contributed by atoms with Crippen molar-refractivity contribution in [2.45, 2.75) is 39.5 Å². The minimum atomic E-state index is -1.13. The van der Waals surface area contributed by atoms with Gasteiger partial charge in [0.25, 0.3) is 5.91 Å². The number of carboxylic acids is 1. The predicted octanol–water partition coefficient (Wildman–Crippen LogP) is 3.09. The molecule has 0 aliphatic rings. The molecule has 4 nitrogen and oxygen atoms in total. The summed E-state index contributed by atoms with van der Waals surface area (Å²) in [5.41, 5.74) is 1.50. The largest absolute Gasteiger partial charge is 0.477 e. The summed E-state index contributed by atoms with van der Waals surface area (Å²) in [6.07, 6.45) is 2.02. The van der Waals surface area contributed by atoms with Crippen LogP contribution in [0.5, 0.6) is 0 Å². The van der Waals surface area contributed by atoms with Crippen LogP contribution in [0.4, 0.5) is 0 Å². The fourth-order valence-corrected chi connectivity index (χ4v) is 1.71. The van der Waals surface area contributed by atoms with Crippen LogP contribution in [0, 0.1) is 0 Å². The maximum absolute atomic E-state index is 12.0. The van der Waals surface area contributed by atoms with Gasteiger partial charge >= 0.3 is 5.97 Å². The summed E-state index contributed by atoms with van der Waals surface area (Å²) in [4.78, 5) is 22.9. The van der Waals surface area contributed by atoms with Crippen molar-refractivity contribution in [3.63, 3.8) is 0 Å². The number of benzene rings is 1. The molecule has 1 rings (SSSR count). The average molecular weight is 275 g/mol. The van der Waals surface area contributed by atoms with Gasteiger partial charge < -0.3 is 10.4 Å². The number of aliphatic carboxylic acids is 1. The first-order valence-electron chi connectivity index (χ1n) is 6.61. The highest BCUT2D eigenvalue weighted by Crippen LogP contribution is 2.22. The monoisotopic (exact) mass is 275 g/mol. The highest BCUT2D eigenvalue weighted by molar-refractivity contribution is 6.00. The summed E-state index contributed by atoms with van der Waals surface area (Å²) >= 11 is 0. The van der Waals surface area contributed by atoms with E-state index in [2.05, 4.69) is 26.1 Å². The van der Waals surface area contributed by atoms with Crippen molar-refractivity contribution in [1.29, 1.82) is 0 Å². The second-order valence-electron chi connectivity index (χ2n) is 5.61. The zero-order valence-electron chi connectivity index (χ0n) is 12.4. The van der Waals surface area contributed by atoms with Crippen LogP contribution < -0.4 is 5.32 Å². The topological polar surface area (TPSA) is 66.4 Å². The second-order valence-corrected chi connectivity index (χ2v) is 5.61. The third kappa shape index (κ3) is 4.23. The molecule has 0 unspecified atom stereocenters. The van der Waals surface area contributed by atoms with Gasteiger partial charge in [-0.2, -0.15) is 0 Å². The molecule has 0 heterocycles. The Morgan fingerprint density at radius 2 is 1.75 bits per heavy atom. The van der Waals surface area contributed by atoms with Crippen molar-refractivity contribution in [3.8, 4) is 0 Å². The molecular formula is C16H21NO3. The number of carboxylic acid groups (broad SMARTS) is 1. The van der Waals surface area contributed by atoms with Crippen LogP contribution in [0.25, 0.3) is 0 Å². The van der Waals surface area contributed by atoms with Crippen LogP contribution in [0.3, 0.4) is 0 Å². The molecular weight excluding hydrogens is 254 g/mol. The maximum Gasteiger partial charge on any atom is 0.352 e. The molecule has 0 aliphatic carbocycles. The van der Waals surface area contributed by atoms with Crippen molar-refractivity contribution in [2.24, 2.45) is 0 Å². The smallest absolute Gasteiger partial charge is 0.352 e. The highest BCUT2D eigenvalue weighted by Gasteiger charge is 2.16. The number of allylic oxidation sites excluding steroid dienone is 1. The van der Waals surface area contributed by atoms with Gasteiger partial charge in [0, 0.05) is 5.56 Å². The number of amides is 1. The molecule has 0 saturated heterocycles. The minimum Gasteiger partial charge on any atom is -0.477 e. The Bertz CT molecular complexity index is 522. The second kappa shape index (κ2) is 6.37. The van der Waals surface area contributed by atoms with Gasteiger partial charge in [-0.1, -0.05) is 45.9 Å². The van der Waals surface area contributed by atoms with E-state index < -0.39 is 11.9 Å². The molecule has 1 amide bonds. The molecule has 2 N–H and O–H groups in total. The van der Waals surface area contributed by atoms with Crippen molar-refractivity contribution in [3.05, 3.63) is 47.2 Å². The number of hydrogen-bond donors (Lipinski definition) is 2. The Morgan fingerprint density at radius 3 is 2.15 bits per heavy atom. The Balaban J connectivity index is 2.88. The first kappa shape index (κ1) is 16.0. The Kier molecular flexibility index (Phi) is 5.08. The lowest BCUT2D eigenvalue weighted by Gasteiger charge is -2.19. The van der Waals surface area contributed by atoms with E-state index in [1.165, 1.54) is 6.08 Å². The van der Waals surface area contributed by atoms with Crippen molar-refractivity contribution in [1.82, 2.24) is 5.32 Å². The fourth-order valence-electron chi connectivity index (χ4n) is 1.71. The number of carbonyl (C=O) groups excluding carboxylic acids is 1. The zero-order chi connectivity index (χ0) is 15.3. The van der Waals surface area contributed by atoms with E-state index in [1.807, 2.05) is 19.1 Å². The van der Waals surface area contributed by atoms with Crippen LogP contribution in [-0.2, 0) is 10.2 Å². The van der Waals surface area contributed by atoms with E-state index in [9.17, 15) is 9.59 Å².